The van der Waals surface area contributed by atoms with Crippen molar-refractivity contribution in [3.8, 4) is 23.0 Å². The van der Waals surface area contributed by atoms with Crippen LogP contribution in [0, 0.1) is 0 Å². The Balaban J connectivity index is 1.53. The number of hydrogen-bond acceptors (Lipinski definition) is 6. The van der Waals surface area contributed by atoms with E-state index in [1.165, 1.54) is 0 Å². The van der Waals surface area contributed by atoms with Crippen molar-refractivity contribution in [2.75, 3.05) is 21.3 Å². The number of nitrogens with one attached hydrogen (secondary N) is 1. The predicted molar refractivity (Wildman–Crippen MR) is 120 cm³/mol. The molecule has 7 nitrogen and oxygen atoms in total. The average Bonchev–Trinajstić information content (AvgIpc) is 2.85. The van der Waals surface area contributed by atoms with Crippen molar-refractivity contribution in [2.45, 2.75) is 19.8 Å². The van der Waals surface area contributed by atoms with Gasteiger partial charge in [0.15, 0.2) is 0 Å². The normalized spacial score (nSPS) is 10.2. The monoisotopic (exact) mass is 437 g/mol. The van der Waals surface area contributed by atoms with Gasteiger partial charge in [-0.25, -0.2) is 4.79 Å². The molecule has 32 heavy (non-hydrogen) atoms. The van der Waals surface area contributed by atoms with Gasteiger partial charge < -0.3 is 29.0 Å². The Bertz CT molecular complexity index is 997. The lowest BCUT2D eigenvalue weighted by Gasteiger charge is -2.15. The van der Waals surface area contributed by atoms with Crippen LogP contribution in [-0.2, 0) is 24.5 Å². The number of methoxy groups -OCH3 is 3. The van der Waals surface area contributed by atoms with Gasteiger partial charge in [-0.05, 0) is 23.3 Å². The van der Waals surface area contributed by atoms with E-state index in [1.807, 2.05) is 54.6 Å². The van der Waals surface area contributed by atoms with E-state index in [2.05, 4.69) is 5.32 Å². The molecular formula is C25H27NO6. The highest BCUT2D eigenvalue weighted by Crippen LogP contribution is 2.33. The summed E-state index contributed by atoms with van der Waals surface area (Å²) < 4.78 is 27.2. The van der Waals surface area contributed by atoms with Gasteiger partial charge in [-0.2, -0.15) is 0 Å². The van der Waals surface area contributed by atoms with Gasteiger partial charge in [0.05, 0.1) is 33.4 Å². The summed E-state index contributed by atoms with van der Waals surface area (Å²) in [6.45, 7) is 0.762. The second-order valence-electron chi connectivity index (χ2n) is 6.86. The summed E-state index contributed by atoms with van der Waals surface area (Å²) in [4.78, 5) is 12.2. The molecule has 0 aliphatic heterocycles. The maximum atomic E-state index is 12.2. The molecule has 1 N–H and O–H groups in total. The van der Waals surface area contributed by atoms with Gasteiger partial charge in [0, 0.05) is 12.1 Å². The minimum Gasteiger partial charge on any atom is -0.496 e. The van der Waals surface area contributed by atoms with Crippen molar-refractivity contribution < 1.29 is 28.5 Å². The molecule has 0 bridgehead atoms. The zero-order valence-corrected chi connectivity index (χ0v) is 18.4. The summed E-state index contributed by atoms with van der Waals surface area (Å²) in [6.07, 6.45) is -0.555. The first-order valence-electron chi connectivity index (χ1n) is 10.1. The molecular weight excluding hydrogens is 410 g/mol. The minimum absolute atomic E-state index is 0.116. The van der Waals surface area contributed by atoms with Crippen LogP contribution < -0.4 is 24.3 Å². The molecule has 0 atom stereocenters. The Morgan fingerprint density at radius 3 is 2.09 bits per heavy atom. The molecule has 168 valence electrons. The highest BCUT2D eigenvalue weighted by Gasteiger charge is 2.15. The third-order valence-electron chi connectivity index (χ3n) is 4.74. The van der Waals surface area contributed by atoms with Gasteiger partial charge in [-0.3, -0.25) is 0 Å². The van der Waals surface area contributed by atoms with Gasteiger partial charge in [0.1, 0.15) is 36.2 Å². The second kappa shape index (κ2) is 11.5. The average molecular weight is 437 g/mol. The smallest absolute Gasteiger partial charge is 0.407 e. The Kier molecular flexibility index (Phi) is 8.20. The Morgan fingerprint density at radius 2 is 1.44 bits per heavy atom. The lowest BCUT2D eigenvalue weighted by Crippen LogP contribution is -2.24. The zero-order valence-electron chi connectivity index (χ0n) is 18.4. The number of amides is 1. The van der Waals surface area contributed by atoms with Gasteiger partial charge in [-0.15, -0.1) is 0 Å². The molecule has 0 radical (unpaired) electrons. The SMILES string of the molecule is COc1cc(OC)c(CNC(=O)OCc2cccc(OCc3ccccc3)c2)c(OC)c1. The van der Waals surface area contributed by atoms with Crippen LogP contribution in [0.5, 0.6) is 23.0 Å². The van der Waals surface area contributed by atoms with E-state index in [1.54, 1.807) is 33.5 Å². The highest BCUT2D eigenvalue weighted by atomic mass is 16.5. The van der Waals surface area contributed by atoms with Crippen LogP contribution in [0.2, 0.25) is 0 Å². The van der Waals surface area contributed by atoms with Crippen LogP contribution >= 0.6 is 0 Å². The number of carbonyl (C=O) groups is 1. The zero-order chi connectivity index (χ0) is 22.8. The first-order valence-corrected chi connectivity index (χ1v) is 10.1. The van der Waals surface area contributed by atoms with E-state index in [0.29, 0.717) is 35.2 Å². The van der Waals surface area contributed by atoms with Crippen LogP contribution in [0.4, 0.5) is 4.79 Å². The van der Waals surface area contributed by atoms with Gasteiger partial charge in [0.25, 0.3) is 0 Å². The molecule has 3 rings (SSSR count). The summed E-state index contributed by atoms with van der Waals surface area (Å²) in [6, 6.07) is 20.8. The van der Waals surface area contributed by atoms with E-state index >= 15 is 0 Å². The van der Waals surface area contributed by atoms with Crippen LogP contribution in [0.1, 0.15) is 16.7 Å². The summed E-state index contributed by atoms with van der Waals surface area (Å²) in [5, 5.41) is 2.72. The van der Waals surface area contributed by atoms with Crippen molar-refractivity contribution in [1.82, 2.24) is 5.32 Å². The maximum absolute atomic E-state index is 12.2. The fourth-order valence-electron chi connectivity index (χ4n) is 3.08. The third-order valence-corrected chi connectivity index (χ3v) is 4.74. The van der Waals surface area contributed by atoms with E-state index in [0.717, 1.165) is 11.1 Å². The maximum Gasteiger partial charge on any atom is 0.407 e. The fourth-order valence-corrected chi connectivity index (χ4v) is 3.08. The number of carbonyl (C=O) groups excluding carboxylic acids is 1. The van der Waals surface area contributed by atoms with Gasteiger partial charge in [-0.1, -0.05) is 42.5 Å². The molecule has 1 amide bonds. The number of hydrogen-bond donors (Lipinski definition) is 1. The summed E-state index contributed by atoms with van der Waals surface area (Å²) in [5.74, 6) is 2.40. The van der Waals surface area contributed by atoms with Crippen LogP contribution in [-0.4, -0.2) is 27.4 Å². The van der Waals surface area contributed by atoms with E-state index in [9.17, 15) is 4.79 Å². The summed E-state index contributed by atoms with van der Waals surface area (Å²) in [5.41, 5.74) is 2.59. The van der Waals surface area contributed by atoms with Gasteiger partial charge in [0.2, 0.25) is 0 Å². The van der Waals surface area contributed by atoms with E-state index in [-0.39, 0.29) is 13.2 Å². The second-order valence-corrected chi connectivity index (χ2v) is 6.86. The largest absolute Gasteiger partial charge is 0.496 e. The highest BCUT2D eigenvalue weighted by molar-refractivity contribution is 5.67. The molecule has 0 aliphatic rings. The first-order chi connectivity index (χ1) is 15.6. The van der Waals surface area contributed by atoms with Crippen molar-refractivity contribution in [2.24, 2.45) is 0 Å². The number of rotatable bonds is 10. The van der Waals surface area contributed by atoms with Crippen molar-refractivity contribution in [3.05, 3.63) is 83.4 Å². The topological polar surface area (TPSA) is 75.3 Å². The Morgan fingerprint density at radius 1 is 0.750 bits per heavy atom. The Labute approximate surface area is 187 Å². The number of benzene rings is 3. The quantitative estimate of drug-likeness (QED) is 0.495. The molecule has 0 saturated carbocycles. The lowest BCUT2D eigenvalue weighted by molar-refractivity contribution is 0.139. The fraction of sp³-hybridized carbons (Fsp3) is 0.240. The lowest BCUT2D eigenvalue weighted by atomic mass is 10.1. The third kappa shape index (κ3) is 6.31. The number of ether oxygens (including phenoxy) is 5. The van der Waals surface area contributed by atoms with Crippen molar-refractivity contribution in [3.63, 3.8) is 0 Å². The predicted octanol–water partition coefficient (Wildman–Crippen LogP) is 4.72. The van der Waals surface area contributed by atoms with Crippen LogP contribution in [0.15, 0.2) is 66.7 Å². The molecule has 0 saturated heterocycles. The van der Waals surface area contributed by atoms with E-state index < -0.39 is 6.09 Å². The van der Waals surface area contributed by atoms with Crippen LogP contribution in [0.25, 0.3) is 0 Å². The minimum atomic E-state index is -0.555. The Hall–Kier alpha value is -3.87. The molecule has 3 aromatic rings. The van der Waals surface area contributed by atoms with Gasteiger partial charge >= 0.3 is 6.09 Å². The molecule has 0 aliphatic carbocycles. The van der Waals surface area contributed by atoms with Crippen molar-refractivity contribution >= 4 is 6.09 Å². The molecule has 0 spiro atoms. The number of alkyl carbamates (subject to hydrolysis) is 1. The molecule has 7 heteroatoms. The summed E-state index contributed by atoms with van der Waals surface area (Å²) >= 11 is 0. The molecule has 0 unspecified atom stereocenters. The molecule has 0 fully saturated rings. The van der Waals surface area contributed by atoms with E-state index in [4.69, 9.17) is 23.7 Å². The van der Waals surface area contributed by atoms with Crippen LogP contribution in [0.3, 0.4) is 0 Å². The molecule has 3 aromatic carbocycles. The summed E-state index contributed by atoms with van der Waals surface area (Å²) in [7, 11) is 4.65. The molecule has 0 heterocycles. The first kappa shape index (κ1) is 22.8. The molecule has 0 aromatic heterocycles. The van der Waals surface area contributed by atoms with Crippen molar-refractivity contribution in [1.29, 1.82) is 0 Å². The standard InChI is InChI=1S/C25H27NO6/c1-28-21-13-23(29-2)22(24(14-21)30-3)15-26-25(27)32-17-19-10-7-11-20(12-19)31-16-18-8-5-4-6-9-18/h4-14H,15-17H2,1-3H3,(H,26,27).